The smallest absolute Gasteiger partial charge is 0.270 e. The fraction of sp³-hybridized carbons (Fsp3) is 0.250. The second kappa shape index (κ2) is 10.8. The van der Waals surface area contributed by atoms with Crippen LogP contribution in [-0.4, -0.2) is 45.6 Å². The van der Waals surface area contributed by atoms with Gasteiger partial charge in [0.05, 0.1) is 12.0 Å². The van der Waals surface area contributed by atoms with Gasteiger partial charge in [0, 0.05) is 38.5 Å². The van der Waals surface area contributed by atoms with E-state index < -0.39 is 10.7 Å². The van der Waals surface area contributed by atoms with Crippen molar-refractivity contribution in [3.05, 3.63) is 63.7 Å². The quantitative estimate of drug-likeness (QED) is 0.185. The summed E-state index contributed by atoms with van der Waals surface area (Å²) >= 11 is 0. The van der Waals surface area contributed by atoms with E-state index in [4.69, 9.17) is 23.7 Å². The molecule has 9 nitrogen and oxygen atoms in total. The molecule has 154 valence electrons. The Labute approximate surface area is 167 Å². The largest absolute Gasteiger partial charge is 0.496 e. The molecule has 9 heteroatoms. The average molecular weight is 403 g/mol. The van der Waals surface area contributed by atoms with Gasteiger partial charge in [0.15, 0.2) is 19.4 Å². The minimum absolute atomic E-state index is 0.00680. The summed E-state index contributed by atoms with van der Waals surface area (Å²) in [5.74, 6) is 0.399. The van der Waals surface area contributed by atoms with Gasteiger partial charge in [0.1, 0.15) is 22.8 Å². The number of hydrogen-bond donors (Lipinski definition) is 0. The van der Waals surface area contributed by atoms with E-state index in [-0.39, 0.29) is 36.3 Å². The van der Waals surface area contributed by atoms with Gasteiger partial charge >= 0.3 is 0 Å². The van der Waals surface area contributed by atoms with Gasteiger partial charge in [0.25, 0.3) is 5.69 Å². The molecule has 0 atom stereocenters. The number of nitrogens with zero attached hydrogens (tertiary/aromatic N) is 1. The number of nitro groups is 1. The molecule has 0 unspecified atom stereocenters. The number of ketones is 1. The van der Waals surface area contributed by atoms with Gasteiger partial charge in [-0.1, -0.05) is 18.2 Å². The SMILES string of the molecule is COCOc1cc(OC)c(C(=O)/C=C/c2cccc([N+](=O)[O-])c2)c(OCOC)c1. The maximum Gasteiger partial charge on any atom is 0.270 e. The van der Waals surface area contributed by atoms with Crippen LogP contribution in [0.4, 0.5) is 5.69 Å². The Morgan fingerprint density at radius 1 is 1.03 bits per heavy atom. The Kier molecular flexibility index (Phi) is 8.13. The highest BCUT2D eigenvalue weighted by Gasteiger charge is 2.19. The second-order valence-corrected chi connectivity index (χ2v) is 5.65. The molecule has 29 heavy (non-hydrogen) atoms. The molecule has 2 aromatic carbocycles. The first-order chi connectivity index (χ1) is 14.0. The monoisotopic (exact) mass is 403 g/mol. The van der Waals surface area contributed by atoms with E-state index in [1.165, 1.54) is 63.8 Å². The van der Waals surface area contributed by atoms with Crippen LogP contribution >= 0.6 is 0 Å². The number of carbonyl (C=O) groups excluding carboxylic acids is 1. The lowest BCUT2D eigenvalue weighted by molar-refractivity contribution is -0.384. The van der Waals surface area contributed by atoms with Gasteiger partial charge < -0.3 is 23.7 Å². The van der Waals surface area contributed by atoms with Crippen molar-refractivity contribution < 1.29 is 33.4 Å². The third kappa shape index (κ3) is 6.03. The molecular formula is C20H21NO8. The van der Waals surface area contributed by atoms with Crippen molar-refractivity contribution in [3.63, 3.8) is 0 Å². The summed E-state index contributed by atoms with van der Waals surface area (Å²) in [5, 5.41) is 10.9. The van der Waals surface area contributed by atoms with Gasteiger partial charge in [-0.05, 0) is 11.6 Å². The normalized spacial score (nSPS) is 10.7. The van der Waals surface area contributed by atoms with Gasteiger partial charge in [0.2, 0.25) is 0 Å². The predicted molar refractivity (Wildman–Crippen MR) is 104 cm³/mol. The summed E-state index contributed by atoms with van der Waals surface area (Å²) in [6.45, 7) is -0.0847. The lowest BCUT2D eigenvalue weighted by atomic mass is 10.1. The van der Waals surface area contributed by atoms with Crippen LogP contribution in [-0.2, 0) is 9.47 Å². The van der Waals surface area contributed by atoms with Crippen molar-refractivity contribution in [3.8, 4) is 17.2 Å². The van der Waals surface area contributed by atoms with E-state index >= 15 is 0 Å². The number of benzene rings is 2. The molecule has 0 aliphatic heterocycles. The molecule has 0 N–H and O–H groups in total. The molecule has 0 saturated carbocycles. The summed E-state index contributed by atoms with van der Waals surface area (Å²) in [5.41, 5.74) is 0.600. The van der Waals surface area contributed by atoms with Crippen LogP contribution in [0.25, 0.3) is 6.08 Å². The number of carbonyl (C=O) groups is 1. The number of nitro benzene ring substituents is 1. The van der Waals surface area contributed by atoms with Crippen molar-refractivity contribution in [2.24, 2.45) is 0 Å². The first-order valence-electron chi connectivity index (χ1n) is 8.42. The van der Waals surface area contributed by atoms with Gasteiger partial charge in [-0.15, -0.1) is 0 Å². The van der Waals surface area contributed by atoms with Gasteiger partial charge in [-0.2, -0.15) is 0 Å². The van der Waals surface area contributed by atoms with Crippen LogP contribution < -0.4 is 14.2 Å². The van der Waals surface area contributed by atoms with Gasteiger partial charge in [-0.3, -0.25) is 14.9 Å². The summed E-state index contributed by atoms with van der Waals surface area (Å²) in [6.07, 6.45) is 2.76. The lowest BCUT2D eigenvalue weighted by Crippen LogP contribution is -2.08. The highest BCUT2D eigenvalue weighted by molar-refractivity contribution is 6.10. The molecule has 0 heterocycles. The average Bonchev–Trinajstić information content (AvgIpc) is 2.74. The number of ether oxygens (including phenoxy) is 5. The van der Waals surface area contributed by atoms with Crippen molar-refractivity contribution >= 4 is 17.5 Å². The summed E-state index contributed by atoms with van der Waals surface area (Å²) < 4.78 is 26.0. The first kappa shape index (κ1) is 21.9. The number of hydrogen-bond acceptors (Lipinski definition) is 8. The highest BCUT2D eigenvalue weighted by atomic mass is 16.7. The second-order valence-electron chi connectivity index (χ2n) is 5.65. The van der Waals surface area contributed by atoms with Crippen LogP contribution in [0.1, 0.15) is 15.9 Å². The third-order valence-electron chi connectivity index (χ3n) is 3.69. The minimum Gasteiger partial charge on any atom is -0.496 e. The van der Waals surface area contributed by atoms with E-state index in [2.05, 4.69) is 0 Å². The van der Waals surface area contributed by atoms with E-state index in [1.54, 1.807) is 6.07 Å². The topological polar surface area (TPSA) is 106 Å². The Hall–Kier alpha value is -3.43. The Balaban J connectivity index is 2.38. The van der Waals surface area contributed by atoms with Crippen molar-refractivity contribution in [2.45, 2.75) is 0 Å². The number of rotatable bonds is 11. The number of methoxy groups -OCH3 is 3. The van der Waals surface area contributed by atoms with E-state index in [9.17, 15) is 14.9 Å². The number of non-ortho nitro benzene ring substituents is 1. The lowest BCUT2D eigenvalue weighted by Gasteiger charge is -2.15. The maximum absolute atomic E-state index is 12.8. The first-order valence-corrected chi connectivity index (χ1v) is 8.42. The summed E-state index contributed by atoms with van der Waals surface area (Å²) in [6, 6.07) is 8.99. The van der Waals surface area contributed by atoms with E-state index in [0.29, 0.717) is 11.3 Å². The Morgan fingerprint density at radius 2 is 1.72 bits per heavy atom. The zero-order chi connectivity index (χ0) is 21.2. The molecule has 0 bridgehead atoms. The Bertz CT molecular complexity index is 894. The standard InChI is InChI=1S/C20H21NO8/c1-25-12-28-16-10-18(27-3)20(19(11-16)29-13-26-2)17(22)8-7-14-5-4-6-15(9-14)21(23)24/h4-11H,12-13H2,1-3H3/b8-7+. The van der Waals surface area contributed by atoms with Crippen LogP contribution in [0.3, 0.4) is 0 Å². The molecule has 0 amide bonds. The Morgan fingerprint density at radius 3 is 2.38 bits per heavy atom. The van der Waals surface area contributed by atoms with E-state index in [0.717, 1.165) is 0 Å². The molecule has 0 saturated heterocycles. The molecular weight excluding hydrogens is 382 g/mol. The summed E-state index contributed by atoms with van der Waals surface area (Å²) in [7, 11) is 4.35. The fourth-order valence-corrected chi connectivity index (χ4v) is 2.41. The maximum atomic E-state index is 12.8. The summed E-state index contributed by atoms with van der Waals surface area (Å²) in [4.78, 5) is 23.2. The van der Waals surface area contributed by atoms with E-state index in [1.807, 2.05) is 0 Å². The molecule has 0 aliphatic rings. The highest BCUT2D eigenvalue weighted by Crippen LogP contribution is 2.35. The van der Waals surface area contributed by atoms with Gasteiger partial charge in [-0.25, -0.2) is 0 Å². The van der Waals surface area contributed by atoms with Crippen LogP contribution in [0.5, 0.6) is 17.2 Å². The fourth-order valence-electron chi connectivity index (χ4n) is 2.41. The minimum atomic E-state index is -0.502. The molecule has 0 aromatic heterocycles. The molecule has 2 aromatic rings. The predicted octanol–water partition coefficient (Wildman–Crippen LogP) is 3.46. The molecule has 0 spiro atoms. The number of allylic oxidation sites excluding steroid dienone is 1. The zero-order valence-electron chi connectivity index (χ0n) is 16.2. The molecule has 2 rings (SSSR count). The van der Waals surface area contributed by atoms with Crippen molar-refractivity contribution in [2.75, 3.05) is 34.9 Å². The third-order valence-corrected chi connectivity index (χ3v) is 3.69. The molecule has 0 fully saturated rings. The van der Waals surface area contributed by atoms with Crippen molar-refractivity contribution in [1.29, 1.82) is 0 Å². The van der Waals surface area contributed by atoms with Crippen LogP contribution in [0, 0.1) is 10.1 Å². The molecule has 0 radical (unpaired) electrons. The van der Waals surface area contributed by atoms with Crippen molar-refractivity contribution in [1.82, 2.24) is 0 Å². The molecule has 0 aliphatic carbocycles. The zero-order valence-corrected chi connectivity index (χ0v) is 16.2. The van der Waals surface area contributed by atoms with Crippen LogP contribution in [0.15, 0.2) is 42.5 Å². The van der Waals surface area contributed by atoms with Crippen LogP contribution in [0.2, 0.25) is 0 Å².